The van der Waals surface area contributed by atoms with E-state index in [1.807, 2.05) is 24.5 Å². The summed E-state index contributed by atoms with van der Waals surface area (Å²) in [6.45, 7) is 2.89. The van der Waals surface area contributed by atoms with Crippen molar-refractivity contribution in [3.05, 3.63) is 100 Å². The fourth-order valence-corrected chi connectivity index (χ4v) is 4.16. The minimum atomic E-state index is -1.02. The molecule has 5 rings (SSSR count). The zero-order valence-corrected chi connectivity index (χ0v) is 20.4. The fraction of sp³-hybridized carbons (Fsp3) is 0.179. The number of carbonyl (C=O) groups is 1. The van der Waals surface area contributed by atoms with Crippen molar-refractivity contribution in [3.63, 3.8) is 0 Å². The van der Waals surface area contributed by atoms with Gasteiger partial charge in [0.25, 0.3) is 11.5 Å². The predicted molar refractivity (Wildman–Crippen MR) is 138 cm³/mol. The molecule has 190 valence electrons. The summed E-state index contributed by atoms with van der Waals surface area (Å²) < 4.78 is 29.9. The van der Waals surface area contributed by atoms with Crippen molar-refractivity contribution in [2.75, 3.05) is 6.54 Å². The number of nitrogens with zero attached hydrogens (tertiary/aromatic N) is 5. The van der Waals surface area contributed by atoms with E-state index < -0.39 is 23.1 Å². The van der Waals surface area contributed by atoms with E-state index in [9.17, 15) is 18.4 Å². The molecule has 1 amide bonds. The van der Waals surface area contributed by atoms with Crippen LogP contribution in [0.2, 0.25) is 0 Å². The molecule has 0 saturated carbocycles. The lowest BCUT2D eigenvalue weighted by Gasteiger charge is -2.08. The molecule has 0 aliphatic carbocycles. The fourth-order valence-electron chi connectivity index (χ4n) is 4.16. The zero-order chi connectivity index (χ0) is 26.6. The van der Waals surface area contributed by atoms with Crippen molar-refractivity contribution in [1.82, 2.24) is 29.4 Å². The molecule has 3 heterocycles. The van der Waals surface area contributed by atoms with Crippen molar-refractivity contribution < 1.29 is 13.6 Å². The molecule has 3 aromatic heterocycles. The highest BCUT2D eigenvalue weighted by Gasteiger charge is 2.13. The summed E-state index contributed by atoms with van der Waals surface area (Å²) in [5.41, 5.74) is 2.98. The molecule has 10 heteroatoms. The highest BCUT2D eigenvalue weighted by Crippen LogP contribution is 2.24. The summed E-state index contributed by atoms with van der Waals surface area (Å²) in [5.74, 6) is 3.30. The van der Waals surface area contributed by atoms with Gasteiger partial charge in [-0.25, -0.2) is 18.7 Å². The van der Waals surface area contributed by atoms with Crippen LogP contribution < -0.4 is 10.9 Å². The van der Waals surface area contributed by atoms with Gasteiger partial charge in [-0.15, -0.1) is 0 Å². The van der Waals surface area contributed by atoms with Crippen molar-refractivity contribution in [2.24, 2.45) is 0 Å². The van der Waals surface area contributed by atoms with Crippen LogP contribution in [0.15, 0.2) is 66.2 Å². The van der Waals surface area contributed by atoms with E-state index in [0.717, 1.165) is 63.4 Å². The largest absolute Gasteiger partial charge is 0.341 e. The quantitative estimate of drug-likeness (QED) is 0.351. The first kappa shape index (κ1) is 24.8. The maximum atomic E-state index is 13.5. The first-order chi connectivity index (χ1) is 18.4. The smallest absolute Gasteiger partial charge is 0.266 e. The zero-order valence-electron chi connectivity index (χ0n) is 20.4. The SMILES string of the molecule is CCCn1cnc2cnc3ccc(C#CCNC(=O)c4cncn(Cc5ccc(F)c(F)c5)c4=O)cc3c21. The highest BCUT2D eigenvalue weighted by molar-refractivity contribution is 6.02. The van der Waals surface area contributed by atoms with Crippen molar-refractivity contribution in [1.29, 1.82) is 0 Å². The number of rotatable bonds is 6. The molecule has 38 heavy (non-hydrogen) atoms. The van der Waals surface area contributed by atoms with Crippen LogP contribution in [-0.2, 0) is 13.1 Å². The second kappa shape index (κ2) is 10.6. The highest BCUT2D eigenvalue weighted by atomic mass is 19.2. The van der Waals surface area contributed by atoms with E-state index in [1.54, 1.807) is 6.20 Å². The van der Waals surface area contributed by atoms with Gasteiger partial charge in [-0.3, -0.25) is 19.1 Å². The second-order valence-electron chi connectivity index (χ2n) is 8.64. The van der Waals surface area contributed by atoms with E-state index in [-0.39, 0.29) is 18.7 Å². The van der Waals surface area contributed by atoms with Crippen LogP contribution in [0.1, 0.15) is 34.8 Å². The first-order valence-electron chi connectivity index (χ1n) is 11.9. The van der Waals surface area contributed by atoms with E-state index >= 15 is 0 Å². The number of nitrogens with one attached hydrogen (secondary N) is 1. The first-order valence-corrected chi connectivity index (χ1v) is 11.9. The van der Waals surface area contributed by atoms with Gasteiger partial charge in [0.2, 0.25) is 0 Å². The Morgan fingerprint density at radius 2 is 1.87 bits per heavy atom. The van der Waals surface area contributed by atoms with Crippen molar-refractivity contribution >= 4 is 27.8 Å². The number of hydrogen-bond donors (Lipinski definition) is 1. The molecule has 1 N–H and O–H groups in total. The molecule has 0 radical (unpaired) electrons. The van der Waals surface area contributed by atoms with E-state index in [1.165, 1.54) is 12.4 Å². The number of hydrogen-bond acceptors (Lipinski definition) is 5. The van der Waals surface area contributed by atoms with Crippen molar-refractivity contribution in [2.45, 2.75) is 26.4 Å². The predicted octanol–water partition coefficient (Wildman–Crippen LogP) is 3.66. The standard InChI is InChI=1S/C28H22F2N6O2/c1-2-10-35-17-34-25-14-33-24-8-6-18(11-20(24)26(25)35)4-3-9-32-27(37)21-13-31-16-36(28(21)38)15-19-5-7-22(29)23(30)12-19/h5-8,11-14,16-17H,2,9-10,15H2,1H3,(H,32,37). The second-order valence-corrected chi connectivity index (χ2v) is 8.64. The number of carbonyl (C=O) groups excluding carboxylic acids is 1. The lowest BCUT2D eigenvalue weighted by atomic mass is 10.1. The average molecular weight is 513 g/mol. The molecule has 0 spiro atoms. The Kier molecular flexibility index (Phi) is 6.91. The molecule has 0 unspecified atom stereocenters. The molecule has 2 aromatic carbocycles. The van der Waals surface area contributed by atoms with Gasteiger partial charge in [0.05, 0.1) is 43.0 Å². The summed E-state index contributed by atoms with van der Waals surface area (Å²) in [6, 6.07) is 9.03. The summed E-state index contributed by atoms with van der Waals surface area (Å²) >= 11 is 0. The summed E-state index contributed by atoms with van der Waals surface area (Å²) in [4.78, 5) is 38.2. The van der Waals surface area contributed by atoms with Crippen LogP contribution >= 0.6 is 0 Å². The molecule has 0 aliphatic rings. The van der Waals surface area contributed by atoms with Gasteiger partial charge in [-0.2, -0.15) is 0 Å². The van der Waals surface area contributed by atoms with Gasteiger partial charge >= 0.3 is 0 Å². The van der Waals surface area contributed by atoms with Crippen LogP contribution in [0.4, 0.5) is 8.78 Å². The number of aryl methyl sites for hydroxylation is 1. The number of fused-ring (bicyclic) bond motifs is 3. The number of pyridine rings is 1. The van der Waals surface area contributed by atoms with Gasteiger partial charge in [-0.05, 0) is 42.3 Å². The third kappa shape index (κ3) is 4.99. The number of imidazole rings is 1. The minimum Gasteiger partial charge on any atom is -0.341 e. The van der Waals surface area contributed by atoms with Gasteiger partial charge in [-0.1, -0.05) is 24.8 Å². The molecule has 0 bridgehead atoms. The van der Waals surface area contributed by atoms with Crippen molar-refractivity contribution in [3.8, 4) is 11.8 Å². The maximum Gasteiger partial charge on any atom is 0.266 e. The lowest BCUT2D eigenvalue weighted by Crippen LogP contribution is -2.33. The Bertz CT molecular complexity index is 1800. The Morgan fingerprint density at radius 3 is 2.68 bits per heavy atom. The number of aromatic nitrogens is 5. The summed E-state index contributed by atoms with van der Waals surface area (Å²) in [6.07, 6.45) is 6.94. The Labute approximate surface area is 216 Å². The van der Waals surface area contributed by atoms with Crippen LogP contribution in [0.5, 0.6) is 0 Å². The third-order valence-electron chi connectivity index (χ3n) is 5.96. The van der Waals surface area contributed by atoms with Crippen LogP contribution in [-0.4, -0.2) is 36.5 Å². The molecule has 0 aliphatic heterocycles. The van der Waals surface area contributed by atoms with Gasteiger partial charge < -0.3 is 9.88 Å². The molecular formula is C28H22F2N6O2. The number of amides is 1. The summed E-state index contributed by atoms with van der Waals surface area (Å²) in [5, 5.41) is 3.55. The maximum absolute atomic E-state index is 13.5. The number of benzene rings is 2. The number of halogens is 2. The van der Waals surface area contributed by atoms with Gasteiger partial charge in [0.1, 0.15) is 11.1 Å². The minimum absolute atomic E-state index is 0.00456. The van der Waals surface area contributed by atoms with Crippen LogP contribution in [0.3, 0.4) is 0 Å². The van der Waals surface area contributed by atoms with E-state index in [2.05, 4.69) is 43.6 Å². The Hall–Kier alpha value is -4.91. The molecule has 0 saturated heterocycles. The monoisotopic (exact) mass is 512 g/mol. The molecule has 0 atom stereocenters. The van der Waals surface area contributed by atoms with Gasteiger partial charge in [0, 0.05) is 23.7 Å². The van der Waals surface area contributed by atoms with E-state index in [0.29, 0.717) is 5.56 Å². The Balaban J connectivity index is 1.30. The topological polar surface area (TPSA) is 94.7 Å². The summed E-state index contributed by atoms with van der Waals surface area (Å²) in [7, 11) is 0. The average Bonchev–Trinajstić information content (AvgIpc) is 3.33. The Morgan fingerprint density at radius 1 is 1.00 bits per heavy atom. The molecule has 8 nitrogen and oxygen atoms in total. The van der Waals surface area contributed by atoms with Crippen LogP contribution in [0, 0.1) is 23.5 Å². The van der Waals surface area contributed by atoms with Gasteiger partial charge in [0.15, 0.2) is 11.6 Å². The molecule has 5 aromatic rings. The molecular weight excluding hydrogens is 490 g/mol. The normalized spacial score (nSPS) is 10.9. The third-order valence-corrected chi connectivity index (χ3v) is 5.96. The van der Waals surface area contributed by atoms with Crippen LogP contribution in [0.25, 0.3) is 21.9 Å². The molecule has 0 fully saturated rings. The lowest BCUT2D eigenvalue weighted by molar-refractivity contribution is 0.0956. The van der Waals surface area contributed by atoms with E-state index in [4.69, 9.17) is 0 Å².